The van der Waals surface area contributed by atoms with Crippen LogP contribution in [0.1, 0.15) is 69.7 Å². The van der Waals surface area contributed by atoms with E-state index in [1.165, 1.54) is 19.3 Å². The predicted molar refractivity (Wildman–Crippen MR) is 92.3 cm³/mol. The van der Waals surface area contributed by atoms with Gasteiger partial charge in [-0.2, -0.15) is 0 Å². The Morgan fingerprint density at radius 1 is 1.09 bits per heavy atom. The van der Waals surface area contributed by atoms with Crippen LogP contribution < -0.4 is 5.32 Å². The normalized spacial score (nSPS) is 13.2. The van der Waals surface area contributed by atoms with E-state index in [9.17, 15) is 9.59 Å². The molecule has 0 aliphatic rings. The molecule has 1 N–H and O–H groups in total. The molecular weight excluding hydrogens is 290 g/mol. The van der Waals surface area contributed by atoms with Crippen molar-refractivity contribution in [2.75, 3.05) is 0 Å². The lowest BCUT2D eigenvalue weighted by molar-refractivity contribution is -0.148. The van der Waals surface area contributed by atoms with E-state index < -0.39 is 0 Å². The first kappa shape index (κ1) is 19.2. The lowest BCUT2D eigenvalue weighted by Gasteiger charge is -2.16. The first-order chi connectivity index (χ1) is 11.0. The summed E-state index contributed by atoms with van der Waals surface area (Å²) in [5.41, 5.74) is 0.594. The third kappa shape index (κ3) is 8.38. The summed E-state index contributed by atoms with van der Waals surface area (Å²) in [6, 6.07) is 8.74. The molecule has 0 bridgehead atoms. The van der Waals surface area contributed by atoms with Crippen LogP contribution in [0.15, 0.2) is 30.3 Å². The van der Waals surface area contributed by atoms with Gasteiger partial charge in [-0.25, -0.2) is 0 Å². The lowest BCUT2D eigenvalue weighted by atomic mass is 10.1. The van der Waals surface area contributed by atoms with Crippen molar-refractivity contribution < 1.29 is 14.3 Å². The van der Waals surface area contributed by atoms with Crippen LogP contribution in [0.3, 0.4) is 0 Å². The molecule has 1 amide bonds. The molecule has 0 fully saturated rings. The molecule has 4 heteroatoms. The number of amides is 1. The molecule has 1 aromatic carbocycles. The van der Waals surface area contributed by atoms with E-state index in [0.717, 1.165) is 12.8 Å². The van der Waals surface area contributed by atoms with Gasteiger partial charge in [0, 0.05) is 11.6 Å². The molecule has 2 atom stereocenters. The molecule has 1 aromatic rings. The van der Waals surface area contributed by atoms with Crippen molar-refractivity contribution in [1.29, 1.82) is 0 Å². The fourth-order valence-electron chi connectivity index (χ4n) is 2.39. The quantitative estimate of drug-likeness (QED) is 0.522. The van der Waals surface area contributed by atoms with Gasteiger partial charge in [-0.15, -0.1) is 0 Å². The second kappa shape index (κ2) is 10.8. The van der Waals surface area contributed by atoms with Crippen LogP contribution in [0.4, 0.5) is 0 Å². The summed E-state index contributed by atoms with van der Waals surface area (Å²) >= 11 is 0. The molecule has 2 unspecified atom stereocenters. The van der Waals surface area contributed by atoms with Crippen LogP contribution in [0, 0.1) is 0 Å². The van der Waals surface area contributed by atoms with Crippen LogP contribution in [-0.4, -0.2) is 24.0 Å². The van der Waals surface area contributed by atoms with E-state index in [1.807, 2.05) is 32.0 Å². The van der Waals surface area contributed by atoms with Gasteiger partial charge in [0.1, 0.15) is 0 Å². The van der Waals surface area contributed by atoms with Crippen LogP contribution in [0.25, 0.3) is 0 Å². The maximum atomic E-state index is 12.0. The Kier molecular flexibility index (Phi) is 9.03. The van der Waals surface area contributed by atoms with E-state index in [0.29, 0.717) is 5.56 Å². The molecule has 0 aromatic heterocycles. The SMILES string of the molecule is CCCCCCC(C)OC(=O)CC(C)NC(=O)c1ccccc1. The van der Waals surface area contributed by atoms with Crippen molar-refractivity contribution in [3.63, 3.8) is 0 Å². The third-order valence-corrected chi connectivity index (χ3v) is 3.68. The van der Waals surface area contributed by atoms with Gasteiger partial charge in [0.05, 0.1) is 12.5 Å². The van der Waals surface area contributed by atoms with E-state index in [1.54, 1.807) is 12.1 Å². The van der Waals surface area contributed by atoms with Crippen LogP contribution in [0.5, 0.6) is 0 Å². The number of esters is 1. The van der Waals surface area contributed by atoms with Gasteiger partial charge in [0.2, 0.25) is 0 Å². The third-order valence-electron chi connectivity index (χ3n) is 3.68. The number of nitrogens with one attached hydrogen (secondary N) is 1. The van der Waals surface area contributed by atoms with Crippen LogP contribution >= 0.6 is 0 Å². The smallest absolute Gasteiger partial charge is 0.308 e. The van der Waals surface area contributed by atoms with Gasteiger partial charge in [-0.3, -0.25) is 9.59 Å². The highest BCUT2D eigenvalue weighted by atomic mass is 16.5. The topological polar surface area (TPSA) is 55.4 Å². The largest absolute Gasteiger partial charge is 0.463 e. The minimum Gasteiger partial charge on any atom is -0.463 e. The molecule has 4 nitrogen and oxygen atoms in total. The Morgan fingerprint density at radius 3 is 2.43 bits per heavy atom. The Hall–Kier alpha value is -1.84. The lowest BCUT2D eigenvalue weighted by Crippen LogP contribution is -2.35. The molecule has 1 rings (SSSR count). The van der Waals surface area contributed by atoms with Crippen molar-refractivity contribution >= 4 is 11.9 Å². The van der Waals surface area contributed by atoms with Crippen LogP contribution in [-0.2, 0) is 9.53 Å². The summed E-state index contributed by atoms with van der Waals surface area (Å²) in [7, 11) is 0. The van der Waals surface area contributed by atoms with Crippen molar-refractivity contribution in [2.24, 2.45) is 0 Å². The number of rotatable bonds is 10. The second-order valence-electron chi connectivity index (χ2n) is 6.09. The Labute approximate surface area is 139 Å². The Bertz CT molecular complexity index is 473. The zero-order chi connectivity index (χ0) is 17.1. The first-order valence-electron chi connectivity index (χ1n) is 8.58. The average Bonchev–Trinajstić information content (AvgIpc) is 2.52. The van der Waals surface area contributed by atoms with E-state index in [-0.39, 0.29) is 30.4 Å². The van der Waals surface area contributed by atoms with Gasteiger partial charge >= 0.3 is 5.97 Å². The number of carbonyl (C=O) groups excluding carboxylic acids is 2. The van der Waals surface area contributed by atoms with Gasteiger partial charge in [-0.1, -0.05) is 44.4 Å². The van der Waals surface area contributed by atoms with Gasteiger partial charge in [0.15, 0.2) is 0 Å². The summed E-state index contributed by atoms with van der Waals surface area (Å²) < 4.78 is 5.40. The Morgan fingerprint density at radius 2 is 1.78 bits per heavy atom. The molecule has 0 aliphatic carbocycles. The highest BCUT2D eigenvalue weighted by Crippen LogP contribution is 2.09. The minimum atomic E-state index is -0.256. The molecule has 0 saturated carbocycles. The standard InChI is InChI=1S/C19H29NO3/c1-4-5-6-8-11-16(3)23-18(21)14-15(2)20-19(22)17-12-9-7-10-13-17/h7,9-10,12-13,15-16H,4-6,8,11,14H2,1-3H3,(H,20,22). The zero-order valence-electron chi connectivity index (χ0n) is 14.5. The number of hydrogen-bond donors (Lipinski definition) is 1. The molecule has 128 valence electrons. The fourth-order valence-corrected chi connectivity index (χ4v) is 2.39. The highest BCUT2D eigenvalue weighted by molar-refractivity contribution is 5.94. The minimum absolute atomic E-state index is 0.0589. The summed E-state index contributed by atoms with van der Waals surface area (Å²) in [4.78, 5) is 23.9. The molecule has 0 radical (unpaired) electrons. The first-order valence-corrected chi connectivity index (χ1v) is 8.58. The van der Waals surface area contributed by atoms with Crippen molar-refractivity contribution in [3.8, 4) is 0 Å². The average molecular weight is 319 g/mol. The molecule has 0 spiro atoms. The molecule has 23 heavy (non-hydrogen) atoms. The van der Waals surface area contributed by atoms with Crippen molar-refractivity contribution in [2.45, 2.75) is 71.4 Å². The summed E-state index contributed by atoms with van der Waals surface area (Å²) in [5, 5.41) is 2.82. The van der Waals surface area contributed by atoms with E-state index in [2.05, 4.69) is 12.2 Å². The fraction of sp³-hybridized carbons (Fsp3) is 0.579. The van der Waals surface area contributed by atoms with Crippen molar-refractivity contribution in [1.82, 2.24) is 5.32 Å². The van der Waals surface area contributed by atoms with Gasteiger partial charge in [-0.05, 0) is 38.8 Å². The molecular formula is C19H29NO3. The van der Waals surface area contributed by atoms with E-state index >= 15 is 0 Å². The maximum Gasteiger partial charge on any atom is 0.308 e. The maximum absolute atomic E-state index is 12.0. The van der Waals surface area contributed by atoms with E-state index in [4.69, 9.17) is 4.74 Å². The summed E-state index contributed by atoms with van der Waals surface area (Å²) in [6.07, 6.45) is 5.73. The number of unbranched alkanes of at least 4 members (excludes halogenated alkanes) is 3. The number of benzene rings is 1. The number of carbonyl (C=O) groups is 2. The monoisotopic (exact) mass is 319 g/mol. The molecule has 0 saturated heterocycles. The van der Waals surface area contributed by atoms with Crippen LogP contribution in [0.2, 0.25) is 0 Å². The summed E-state index contributed by atoms with van der Waals surface area (Å²) in [6.45, 7) is 5.92. The van der Waals surface area contributed by atoms with Gasteiger partial charge < -0.3 is 10.1 Å². The Balaban J connectivity index is 2.26. The highest BCUT2D eigenvalue weighted by Gasteiger charge is 2.16. The number of hydrogen-bond acceptors (Lipinski definition) is 3. The second-order valence-corrected chi connectivity index (χ2v) is 6.09. The van der Waals surface area contributed by atoms with Crippen molar-refractivity contribution in [3.05, 3.63) is 35.9 Å². The molecule has 0 aliphatic heterocycles. The number of ether oxygens (including phenoxy) is 1. The summed E-state index contributed by atoms with van der Waals surface area (Å²) in [5.74, 6) is -0.424. The van der Waals surface area contributed by atoms with Gasteiger partial charge in [0.25, 0.3) is 5.91 Å². The molecule has 0 heterocycles. The zero-order valence-corrected chi connectivity index (χ0v) is 14.5. The predicted octanol–water partition coefficient (Wildman–Crippen LogP) is 4.10.